The van der Waals surface area contributed by atoms with Crippen molar-refractivity contribution in [3.63, 3.8) is 0 Å². The minimum absolute atomic E-state index is 0.161. The summed E-state index contributed by atoms with van der Waals surface area (Å²) in [5.41, 5.74) is 1.43. The summed E-state index contributed by atoms with van der Waals surface area (Å²) >= 11 is 6.51. The highest BCUT2D eigenvalue weighted by Crippen LogP contribution is 2.34. The maximum atomic E-state index is 12.9. The average molecular weight is 510 g/mol. The zero-order valence-electron chi connectivity index (χ0n) is 18.3. The molecule has 0 radical (unpaired) electrons. The van der Waals surface area contributed by atoms with E-state index >= 15 is 0 Å². The summed E-state index contributed by atoms with van der Waals surface area (Å²) in [6, 6.07) is 16.6. The topological polar surface area (TPSA) is 53.5 Å². The van der Waals surface area contributed by atoms with E-state index in [1.165, 1.54) is 18.5 Å². The van der Waals surface area contributed by atoms with Crippen molar-refractivity contribution in [1.29, 1.82) is 0 Å². The lowest BCUT2D eigenvalue weighted by Crippen LogP contribution is -2.48. The molecule has 180 valence electrons. The SMILES string of the molecule is CS(=O)(=O)c1cccc(N2CCN(Cc3ccc(C(F)(F)F)nc3)[C@@H](c3ccccc3Cl)C2)c1. The maximum Gasteiger partial charge on any atom is 0.433 e. The minimum atomic E-state index is -4.48. The van der Waals surface area contributed by atoms with Gasteiger partial charge in [-0.2, -0.15) is 13.2 Å². The molecule has 1 aliphatic rings. The van der Waals surface area contributed by atoms with Crippen LogP contribution in [0.2, 0.25) is 5.02 Å². The third kappa shape index (κ3) is 5.54. The normalized spacial score (nSPS) is 17.7. The molecule has 0 spiro atoms. The Morgan fingerprint density at radius 3 is 2.47 bits per heavy atom. The molecule has 0 amide bonds. The van der Waals surface area contributed by atoms with Crippen molar-refractivity contribution in [2.24, 2.45) is 0 Å². The van der Waals surface area contributed by atoms with E-state index in [0.717, 1.165) is 17.3 Å². The number of aromatic nitrogens is 1. The zero-order chi connectivity index (χ0) is 24.5. The minimum Gasteiger partial charge on any atom is -0.368 e. The number of piperazine rings is 1. The lowest BCUT2D eigenvalue weighted by molar-refractivity contribution is -0.141. The van der Waals surface area contributed by atoms with Gasteiger partial charge in [-0.1, -0.05) is 41.9 Å². The first-order chi connectivity index (χ1) is 16.0. The fraction of sp³-hybridized carbons (Fsp3) is 0.292. The lowest BCUT2D eigenvalue weighted by atomic mass is 10.0. The Labute approximate surface area is 201 Å². The van der Waals surface area contributed by atoms with Crippen molar-refractivity contribution < 1.29 is 21.6 Å². The van der Waals surface area contributed by atoms with Gasteiger partial charge < -0.3 is 4.90 Å². The van der Waals surface area contributed by atoms with E-state index in [0.29, 0.717) is 36.8 Å². The number of alkyl halides is 3. The van der Waals surface area contributed by atoms with Gasteiger partial charge >= 0.3 is 6.18 Å². The summed E-state index contributed by atoms with van der Waals surface area (Å²) in [6.45, 7) is 2.14. The molecule has 2 aromatic carbocycles. The van der Waals surface area contributed by atoms with Gasteiger partial charge in [0.25, 0.3) is 0 Å². The number of nitrogens with zero attached hydrogens (tertiary/aromatic N) is 3. The number of rotatable bonds is 5. The molecular formula is C24H23ClF3N3O2S. The van der Waals surface area contributed by atoms with Gasteiger partial charge in [0.15, 0.2) is 9.84 Å². The summed E-state index contributed by atoms with van der Waals surface area (Å²) in [7, 11) is -3.35. The first-order valence-corrected chi connectivity index (χ1v) is 12.8. The van der Waals surface area contributed by atoms with Gasteiger partial charge in [-0.25, -0.2) is 8.42 Å². The predicted molar refractivity (Wildman–Crippen MR) is 126 cm³/mol. The van der Waals surface area contributed by atoms with Crippen molar-refractivity contribution >= 4 is 27.1 Å². The van der Waals surface area contributed by atoms with Crippen LogP contribution in [0.5, 0.6) is 0 Å². The molecular weight excluding hydrogens is 487 g/mol. The largest absolute Gasteiger partial charge is 0.433 e. The van der Waals surface area contributed by atoms with Gasteiger partial charge in [0.2, 0.25) is 0 Å². The highest BCUT2D eigenvalue weighted by atomic mass is 35.5. The number of hydrogen-bond donors (Lipinski definition) is 0. The van der Waals surface area contributed by atoms with Gasteiger partial charge in [-0.15, -0.1) is 0 Å². The van der Waals surface area contributed by atoms with E-state index in [-0.39, 0.29) is 10.9 Å². The second-order valence-corrected chi connectivity index (χ2v) is 10.7. The van der Waals surface area contributed by atoms with Crippen molar-refractivity contribution in [2.75, 3.05) is 30.8 Å². The number of halogens is 4. The first-order valence-electron chi connectivity index (χ1n) is 10.6. The Balaban J connectivity index is 1.62. The van der Waals surface area contributed by atoms with E-state index < -0.39 is 21.7 Å². The first kappa shape index (κ1) is 24.5. The summed E-state index contributed by atoms with van der Waals surface area (Å²) in [6.07, 6.45) is -2.05. The molecule has 1 aliphatic heterocycles. The maximum absolute atomic E-state index is 12.9. The summed E-state index contributed by atoms with van der Waals surface area (Å²) in [4.78, 5) is 8.09. The Bertz CT molecular complexity index is 1270. The van der Waals surface area contributed by atoms with Gasteiger partial charge in [0.1, 0.15) is 5.69 Å². The highest BCUT2D eigenvalue weighted by Gasteiger charge is 2.33. The fourth-order valence-electron chi connectivity index (χ4n) is 4.12. The molecule has 0 bridgehead atoms. The van der Waals surface area contributed by atoms with Gasteiger partial charge in [-0.05, 0) is 41.5 Å². The Morgan fingerprint density at radius 2 is 1.82 bits per heavy atom. The molecule has 0 saturated carbocycles. The van der Waals surface area contributed by atoms with Crippen LogP contribution in [0.4, 0.5) is 18.9 Å². The Kier molecular flexibility index (Phi) is 6.89. The second-order valence-electron chi connectivity index (χ2n) is 8.27. The number of hydrogen-bond acceptors (Lipinski definition) is 5. The smallest absolute Gasteiger partial charge is 0.368 e. The average Bonchev–Trinajstić information content (AvgIpc) is 2.79. The molecule has 0 aliphatic carbocycles. The molecule has 1 atom stereocenters. The number of benzene rings is 2. The Morgan fingerprint density at radius 1 is 1.06 bits per heavy atom. The summed E-state index contributed by atoms with van der Waals surface area (Å²) in [5.74, 6) is 0. The van der Waals surface area contributed by atoms with Crippen molar-refractivity contribution in [2.45, 2.75) is 23.7 Å². The van der Waals surface area contributed by atoms with Crippen LogP contribution in [-0.4, -0.2) is 44.2 Å². The standard InChI is InChI=1S/C24H23ClF3N3O2S/c1-34(32,33)19-6-4-5-18(13-19)30-11-12-31(22(16-30)20-7-2-3-8-21(20)25)15-17-9-10-23(29-14-17)24(26,27)28/h2-10,13-14,22H,11-12,15-16H2,1H3/t22-/m1/s1. The van der Waals surface area contributed by atoms with Crippen molar-refractivity contribution in [1.82, 2.24) is 9.88 Å². The van der Waals surface area contributed by atoms with E-state index in [1.807, 2.05) is 24.3 Å². The molecule has 0 N–H and O–H groups in total. The molecule has 1 fully saturated rings. The molecule has 2 heterocycles. The Hall–Kier alpha value is -2.62. The van der Waals surface area contributed by atoms with Crippen LogP contribution in [0.3, 0.4) is 0 Å². The summed E-state index contributed by atoms with van der Waals surface area (Å²) < 4.78 is 62.7. The van der Waals surface area contributed by atoms with Crippen LogP contribution >= 0.6 is 11.6 Å². The van der Waals surface area contributed by atoms with Crippen LogP contribution in [0.15, 0.2) is 71.8 Å². The molecule has 1 saturated heterocycles. The molecule has 5 nitrogen and oxygen atoms in total. The van der Waals surface area contributed by atoms with Crippen molar-refractivity contribution in [3.8, 4) is 0 Å². The van der Waals surface area contributed by atoms with E-state index in [4.69, 9.17) is 11.6 Å². The van der Waals surface area contributed by atoms with Crippen LogP contribution in [-0.2, 0) is 22.6 Å². The molecule has 1 aromatic heterocycles. The van der Waals surface area contributed by atoms with Gasteiger partial charge in [-0.3, -0.25) is 9.88 Å². The fourth-order valence-corrected chi connectivity index (χ4v) is 5.04. The van der Waals surface area contributed by atoms with Crippen LogP contribution < -0.4 is 4.90 Å². The molecule has 10 heteroatoms. The van der Waals surface area contributed by atoms with Gasteiger partial charge in [0, 0.05) is 49.3 Å². The van der Waals surface area contributed by atoms with E-state index in [1.54, 1.807) is 24.3 Å². The van der Waals surface area contributed by atoms with Crippen molar-refractivity contribution in [3.05, 3.63) is 88.7 Å². The van der Waals surface area contributed by atoms with E-state index in [2.05, 4.69) is 14.8 Å². The van der Waals surface area contributed by atoms with Crippen LogP contribution in [0.1, 0.15) is 22.9 Å². The molecule has 0 unspecified atom stereocenters. The lowest BCUT2D eigenvalue weighted by Gasteiger charge is -2.43. The molecule has 4 rings (SSSR count). The number of pyridine rings is 1. The third-order valence-electron chi connectivity index (χ3n) is 5.87. The van der Waals surface area contributed by atoms with E-state index in [9.17, 15) is 21.6 Å². The highest BCUT2D eigenvalue weighted by molar-refractivity contribution is 7.90. The zero-order valence-corrected chi connectivity index (χ0v) is 19.9. The van der Waals surface area contributed by atoms with Gasteiger partial charge in [0.05, 0.1) is 10.9 Å². The quantitative estimate of drug-likeness (QED) is 0.472. The summed E-state index contributed by atoms with van der Waals surface area (Å²) in [5, 5.41) is 0.592. The number of anilines is 1. The molecule has 3 aromatic rings. The molecule has 34 heavy (non-hydrogen) atoms. The monoisotopic (exact) mass is 509 g/mol. The third-order valence-corrected chi connectivity index (χ3v) is 7.32. The predicted octanol–water partition coefficient (Wildman–Crippen LogP) is 5.22. The van der Waals surface area contributed by atoms with Crippen LogP contribution in [0.25, 0.3) is 0 Å². The van der Waals surface area contributed by atoms with Crippen LogP contribution in [0, 0.1) is 0 Å². The number of sulfone groups is 1. The second kappa shape index (κ2) is 9.56.